The zero-order valence-electron chi connectivity index (χ0n) is 15.3. The van der Waals surface area contributed by atoms with E-state index < -0.39 is 6.04 Å². The molecule has 140 valence electrons. The minimum atomic E-state index is -0.478. The number of nitrogens with zero attached hydrogens (tertiary/aromatic N) is 4. The Bertz CT molecular complexity index is 933. The first-order valence-electron chi connectivity index (χ1n) is 8.50. The summed E-state index contributed by atoms with van der Waals surface area (Å²) in [5.41, 5.74) is 2.01. The largest absolute Gasteiger partial charge is 0.324 e. The lowest BCUT2D eigenvalue weighted by atomic mass is 10.2. The van der Waals surface area contributed by atoms with E-state index in [9.17, 15) is 9.59 Å². The first kappa shape index (κ1) is 18.7. The molecule has 0 aliphatic heterocycles. The van der Waals surface area contributed by atoms with E-state index in [1.807, 2.05) is 13.8 Å². The van der Waals surface area contributed by atoms with Crippen molar-refractivity contribution in [2.45, 2.75) is 33.2 Å². The summed E-state index contributed by atoms with van der Waals surface area (Å²) in [5.74, 6) is -0.383. The second kappa shape index (κ2) is 8.09. The fourth-order valence-electron chi connectivity index (χ4n) is 2.42. The molecule has 1 aromatic carbocycles. The van der Waals surface area contributed by atoms with E-state index in [0.717, 1.165) is 17.1 Å². The number of anilines is 2. The number of thiazole rings is 1. The van der Waals surface area contributed by atoms with E-state index in [1.54, 1.807) is 31.2 Å². The van der Waals surface area contributed by atoms with Crippen molar-refractivity contribution in [2.75, 3.05) is 10.6 Å². The molecule has 2 amide bonds. The SMILES string of the molecule is CCc1nc(C)c(C(=O)Nc2ccc(NC(=O)C(C)n3cncn3)cc2)s1. The van der Waals surface area contributed by atoms with Crippen LogP contribution in [0.1, 0.15) is 40.3 Å². The third-order valence-corrected chi connectivity index (χ3v) is 5.27. The van der Waals surface area contributed by atoms with Crippen LogP contribution in [0.25, 0.3) is 0 Å². The van der Waals surface area contributed by atoms with Crippen LogP contribution in [0.5, 0.6) is 0 Å². The summed E-state index contributed by atoms with van der Waals surface area (Å²) in [6, 6.07) is 6.47. The molecule has 0 aliphatic rings. The Balaban J connectivity index is 1.62. The quantitative estimate of drug-likeness (QED) is 0.680. The molecule has 2 N–H and O–H groups in total. The summed E-state index contributed by atoms with van der Waals surface area (Å²) in [4.78, 5) is 33.5. The second-order valence-electron chi connectivity index (χ2n) is 5.95. The van der Waals surface area contributed by atoms with Gasteiger partial charge >= 0.3 is 0 Å². The van der Waals surface area contributed by atoms with Gasteiger partial charge in [0.15, 0.2) is 0 Å². The van der Waals surface area contributed by atoms with Gasteiger partial charge in [-0.1, -0.05) is 6.92 Å². The van der Waals surface area contributed by atoms with Crippen molar-refractivity contribution in [3.05, 3.63) is 52.5 Å². The van der Waals surface area contributed by atoms with Gasteiger partial charge in [0.2, 0.25) is 5.91 Å². The van der Waals surface area contributed by atoms with Crippen LogP contribution in [0.3, 0.4) is 0 Å². The molecule has 0 aliphatic carbocycles. The summed E-state index contributed by atoms with van der Waals surface area (Å²) in [6.07, 6.45) is 3.68. The number of aryl methyl sites for hydroxylation is 2. The first-order valence-corrected chi connectivity index (χ1v) is 9.32. The van der Waals surface area contributed by atoms with Crippen LogP contribution in [0.4, 0.5) is 11.4 Å². The topological polar surface area (TPSA) is 102 Å². The molecule has 1 atom stereocenters. The van der Waals surface area contributed by atoms with Gasteiger partial charge < -0.3 is 10.6 Å². The van der Waals surface area contributed by atoms with Crippen molar-refractivity contribution in [1.82, 2.24) is 19.7 Å². The molecule has 0 spiro atoms. The molecule has 2 aromatic heterocycles. The summed E-state index contributed by atoms with van der Waals surface area (Å²) in [5, 5.41) is 10.6. The minimum absolute atomic E-state index is 0.179. The van der Waals surface area contributed by atoms with Gasteiger partial charge in [-0.2, -0.15) is 5.10 Å². The standard InChI is InChI=1S/C18H20N6O2S/c1-4-15-21-11(2)16(27-15)18(26)23-14-7-5-13(6-8-14)22-17(25)12(3)24-10-19-9-20-24/h5-10,12H,4H2,1-3H3,(H,22,25)(H,23,26). The Kier molecular flexibility index (Phi) is 5.60. The molecule has 1 unspecified atom stereocenters. The van der Waals surface area contributed by atoms with Crippen molar-refractivity contribution >= 4 is 34.5 Å². The molecule has 9 heteroatoms. The molecule has 0 saturated carbocycles. The summed E-state index contributed by atoms with van der Waals surface area (Å²) in [6.45, 7) is 5.58. The zero-order valence-corrected chi connectivity index (χ0v) is 16.1. The fraction of sp³-hybridized carbons (Fsp3) is 0.278. The Hall–Kier alpha value is -3.07. The van der Waals surface area contributed by atoms with Crippen LogP contribution in [0, 0.1) is 6.92 Å². The van der Waals surface area contributed by atoms with Gasteiger partial charge in [-0.3, -0.25) is 9.59 Å². The molecule has 3 aromatic rings. The number of hydrogen-bond acceptors (Lipinski definition) is 6. The Morgan fingerprint density at radius 2 is 1.85 bits per heavy atom. The second-order valence-corrected chi connectivity index (χ2v) is 7.03. The molecule has 8 nitrogen and oxygen atoms in total. The molecule has 0 fully saturated rings. The molecular formula is C18H20N6O2S. The fourth-order valence-corrected chi connectivity index (χ4v) is 3.32. The summed E-state index contributed by atoms with van der Waals surface area (Å²) >= 11 is 1.41. The number of aromatic nitrogens is 4. The van der Waals surface area contributed by atoms with E-state index in [1.165, 1.54) is 28.7 Å². The predicted molar refractivity (Wildman–Crippen MR) is 104 cm³/mol. The maximum atomic E-state index is 12.4. The normalized spacial score (nSPS) is 11.8. The van der Waals surface area contributed by atoms with Crippen molar-refractivity contribution in [3.63, 3.8) is 0 Å². The van der Waals surface area contributed by atoms with Crippen molar-refractivity contribution in [2.24, 2.45) is 0 Å². The smallest absolute Gasteiger partial charge is 0.267 e. The number of hydrogen-bond donors (Lipinski definition) is 2. The molecule has 0 saturated heterocycles. The molecule has 0 radical (unpaired) electrons. The Labute approximate surface area is 160 Å². The third-order valence-electron chi connectivity index (χ3n) is 3.97. The lowest BCUT2D eigenvalue weighted by molar-refractivity contribution is -0.119. The monoisotopic (exact) mass is 384 g/mol. The van der Waals surface area contributed by atoms with Gasteiger partial charge in [-0.05, 0) is 44.5 Å². The number of amides is 2. The predicted octanol–water partition coefficient (Wildman–Crippen LogP) is 3.06. The lowest BCUT2D eigenvalue weighted by Gasteiger charge is -2.12. The van der Waals surface area contributed by atoms with Gasteiger partial charge in [0.1, 0.15) is 23.6 Å². The van der Waals surface area contributed by atoms with Gasteiger partial charge in [-0.25, -0.2) is 14.6 Å². The van der Waals surface area contributed by atoms with Crippen LogP contribution >= 0.6 is 11.3 Å². The van der Waals surface area contributed by atoms with Gasteiger partial charge in [-0.15, -0.1) is 11.3 Å². The average molecular weight is 384 g/mol. The molecule has 2 heterocycles. The highest BCUT2D eigenvalue weighted by molar-refractivity contribution is 7.13. The lowest BCUT2D eigenvalue weighted by Crippen LogP contribution is -2.24. The maximum Gasteiger partial charge on any atom is 0.267 e. The van der Waals surface area contributed by atoms with E-state index >= 15 is 0 Å². The van der Waals surface area contributed by atoms with Crippen LogP contribution < -0.4 is 10.6 Å². The Morgan fingerprint density at radius 3 is 2.41 bits per heavy atom. The minimum Gasteiger partial charge on any atom is -0.324 e. The van der Waals surface area contributed by atoms with Gasteiger partial charge in [0.25, 0.3) is 5.91 Å². The first-order chi connectivity index (χ1) is 13.0. The molecule has 3 rings (SSSR count). The molecule has 0 bridgehead atoms. The Morgan fingerprint density at radius 1 is 1.19 bits per heavy atom. The van der Waals surface area contributed by atoms with Crippen LogP contribution in [0.15, 0.2) is 36.9 Å². The molecular weight excluding hydrogens is 364 g/mol. The number of benzene rings is 1. The van der Waals surface area contributed by atoms with Gasteiger partial charge in [0, 0.05) is 11.4 Å². The summed E-state index contributed by atoms with van der Waals surface area (Å²) < 4.78 is 1.48. The maximum absolute atomic E-state index is 12.4. The van der Waals surface area contributed by atoms with Crippen molar-refractivity contribution in [3.8, 4) is 0 Å². The van der Waals surface area contributed by atoms with E-state index in [-0.39, 0.29) is 11.8 Å². The zero-order chi connectivity index (χ0) is 19.4. The highest BCUT2D eigenvalue weighted by Crippen LogP contribution is 2.21. The van der Waals surface area contributed by atoms with Crippen molar-refractivity contribution in [1.29, 1.82) is 0 Å². The van der Waals surface area contributed by atoms with E-state index in [4.69, 9.17) is 0 Å². The van der Waals surface area contributed by atoms with Crippen LogP contribution in [-0.4, -0.2) is 31.6 Å². The van der Waals surface area contributed by atoms with Crippen LogP contribution in [0.2, 0.25) is 0 Å². The third kappa shape index (κ3) is 4.37. The summed E-state index contributed by atoms with van der Waals surface area (Å²) in [7, 11) is 0. The van der Waals surface area contributed by atoms with E-state index in [0.29, 0.717) is 16.3 Å². The van der Waals surface area contributed by atoms with E-state index in [2.05, 4.69) is 25.7 Å². The number of carbonyl (C=O) groups excluding carboxylic acids is 2. The number of nitrogens with one attached hydrogen (secondary N) is 2. The average Bonchev–Trinajstić information content (AvgIpc) is 3.32. The number of carbonyl (C=O) groups is 2. The molecule has 27 heavy (non-hydrogen) atoms. The van der Waals surface area contributed by atoms with Crippen LogP contribution in [-0.2, 0) is 11.2 Å². The van der Waals surface area contributed by atoms with Crippen molar-refractivity contribution < 1.29 is 9.59 Å². The highest BCUT2D eigenvalue weighted by atomic mass is 32.1. The number of rotatable bonds is 6. The highest BCUT2D eigenvalue weighted by Gasteiger charge is 2.16. The van der Waals surface area contributed by atoms with Gasteiger partial charge in [0.05, 0.1) is 10.7 Å².